The van der Waals surface area contributed by atoms with Crippen LogP contribution in [0.4, 0.5) is 0 Å². The molecule has 70 valence electrons. The molecular formula is C9H17NO2. The molecule has 0 aromatic rings. The lowest BCUT2D eigenvalue weighted by Crippen LogP contribution is -2.30. The topological polar surface area (TPSA) is 29.5 Å². The number of nitrogens with zero attached hydrogens (tertiary/aromatic N) is 1. The molecule has 1 rings (SSSR count). The molecule has 1 fully saturated rings. The first-order valence-electron chi connectivity index (χ1n) is 4.57. The van der Waals surface area contributed by atoms with E-state index in [4.69, 9.17) is 4.74 Å². The van der Waals surface area contributed by atoms with Crippen molar-refractivity contribution in [2.45, 2.75) is 19.8 Å². The van der Waals surface area contributed by atoms with Crippen molar-refractivity contribution in [3.05, 3.63) is 0 Å². The van der Waals surface area contributed by atoms with Crippen LogP contribution in [0.2, 0.25) is 0 Å². The predicted octanol–water partition coefficient (Wildman–Crippen LogP) is 0.891. The number of likely N-dealkylation sites (tertiary alicyclic amines) is 1. The molecule has 3 nitrogen and oxygen atoms in total. The highest BCUT2D eigenvalue weighted by Gasteiger charge is 2.29. The van der Waals surface area contributed by atoms with Crippen LogP contribution in [0.1, 0.15) is 19.8 Å². The van der Waals surface area contributed by atoms with Gasteiger partial charge in [0.15, 0.2) is 0 Å². The van der Waals surface area contributed by atoms with Gasteiger partial charge in [-0.25, -0.2) is 0 Å². The van der Waals surface area contributed by atoms with E-state index in [1.54, 1.807) is 7.11 Å². The number of carbonyl (C=O) groups is 1. The molecule has 0 spiro atoms. The Kier molecular flexibility index (Phi) is 3.53. The fourth-order valence-electron chi connectivity index (χ4n) is 1.61. The van der Waals surface area contributed by atoms with Crippen molar-refractivity contribution in [2.75, 3.05) is 26.8 Å². The standard InChI is InChI=1S/C9H17NO2/c1-3-8-4-5-10(9(8)11)6-7-12-2/h8H,3-7H2,1-2H3. The lowest BCUT2D eigenvalue weighted by molar-refractivity contribution is -0.131. The molecule has 1 aliphatic rings. The van der Waals surface area contributed by atoms with Crippen molar-refractivity contribution < 1.29 is 9.53 Å². The molecule has 1 atom stereocenters. The van der Waals surface area contributed by atoms with Gasteiger partial charge in [0, 0.05) is 26.1 Å². The Labute approximate surface area is 73.7 Å². The van der Waals surface area contributed by atoms with Crippen LogP contribution < -0.4 is 0 Å². The number of carbonyl (C=O) groups excluding carboxylic acids is 1. The van der Waals surface area contributed by atoms with Crippen molar-refractivity contribution in [1.82, 2.24) is 4.90 Å². The quantitative estimate of drug-likeness (QED) is 0.628. The zero-order valence-electron chi connectivity index (χ0n) is 7.88. The minimum atomic E-state index is 0.279. The molecule has 1 heterocycles. The van der Waals surface area contributed by atoms with Crippen molar-refractivity contribution in [3.8, 4) is 0 Å². The average Bonchev–Trinajstić information content (AvgIpc) is 2.43. The van der Waals surface area contributed by atoms with Crippen LogP contribution in [0.5, 0.6) is 0 Å². The maximum atomic E-state index is 11.5. The number of methoxy groups -OCH3 is 1. The van der Waals surface area contributed by atoms with Gasteiger partial charge in [0.05, 0.1) is 6.61 Å². The van der Waals surface area contributed by atoms with E-state index in [9.17, 15) is 4.79 Å². The van der Waals surface area contributed by atoms with E-state index in [1.165, 1.54) is 0 Å². The van der Waals surface area contributed by atoms with Crippen LogP contribution in [0.15, 0.2) is 0 Å². The summed E-state index contributed by atoms with van der Waals surface area (Å²) >= 11 is 0. The van der Waals surface area contributed by atoms with Crippen LogP contribution in [0, 0.1) is 5.92 Å². The first-order valence-corrected chi connectivity index (χ1v) is 4.57. The number of amides is 1. The molecule has 0 saturated carbocycles. The monoisotopic (exact) mass is 171 g/mol. The van der Waals surface area contributed by atoms with Gasteiger partial charge in [-0.05, 0) is 12.8 Å². The van der Waals surface area contributed by atoms with Crippen molar-refractivity contribution in [3.63, 3.8) is 0 Å². The molecule has 0 aromatic carbocycles. The summed E-state index contributed by atoms with van der Waals surface area (Å²) in [4.78, 5) is 13.4. The largest absolute Gasteiger partial charge is 0.383 e. The van der Waals surface area contributed by atoms with E-state index in [-0.39, 0.29) is 5.92 Å². The summed E-state index contributed by atoms with van der Waals surface area (Å²) in [6.45, 7) is 4.40. The highest BCUT2D eigenvalue weighted by Crippen LogP contribution is 2.20. The molecule has 0 bridgehead atoms. The van der Waals surface area contributed by atoms with Gasteiger partial charge < -0.3 is 9.64 Å². The molecule has 1 unspecified atom stereocenters. The van der Waals surface area contributed by atoms with Gasteiger partial charge in [-0.15, -0.1) is 0 Å². The summed E-state index contributed by atoms with van der Waals surface area (Å²) in [5, 5.41) is 0. The molecule has 0 aromatic heterocycles. The summed E-state index contributed by atoms with van der Waals surface area (Å²) in [6.07, 6.45) is 2.00. The molecule has 12 heavy (non-hydrogen) atoms. The smallest absolute Gasteiger partial charge is 0.225 e. The van der Waals surface area contributed by atoms with Crippen molar-refractivity contribution in [2.24, 2.45) is 5.92 Å². The summed E-state index contributed by atoms with van der Waals surface area (Å²) in [5.41, 5.74) is 0. The third-order valence-electron chi connectivity index (χ3n) is 2.47. The lowest BCUT2D eigenvalue weighted by Gasteiger charge is -2.15. The summed E-state index contributed by atoms with van der Waals surface area (Å²) in [5.74, 6) is 0.594. The first kappa shape index (κ1) is 9.52. The summed E-state index contributed by atoms with van der Waals surface area (Å²) in [6, 6.07) is 0. The maximum Gasteiger partial charge on any atom is 0.225 e. The minimum Gasteiger partial charge on any atom is -0.383 e. The van der Waals surface area contributed by atoms with Gasteiger partial charge in [0.1, 0.15) is 0 Å². The van der Waals surface area contributed by atoms with Crippen molar-refractivity contribution in [1.29, 1.82) is 0 Å². The molecule has 3 heteroatoms. The maximum absolute atomic E-state index is 11.5. The van der Waals surface area contributed by atoms with E-state index >= 15 is 0 Å². The Morgan fingerprint density at radius 2 is 2.42 bits per heavy atom. The Morgan fingerprint density at radius 3 is 2.92 bits per heavy atom. The Hall–Kier alpha value is -0.570. The third kappa shape index (κ3) is 1.97. The zero-order chi connectivity index (χ0) is 8.97. The van der Waals surface area contributed by atoms with Gasteiger partial charge in [-0.1, -0.05) is 6.92 Å². The Balaban J connectivity index is 2.33. The van der Waals surface area contributed by atoms with Crippen LogP contribution in [-0.4, -0.2) is 37.6 Å². The molecule has 1 aliphatic heterocycles. The fourth-order valence-corrected chi connectivity index (χ4v) is 1.61. The van der Waals surface area contributed by atoms with E-state index in [1.807, 2.05) is 4.90 Å². The van der Waals surface area contributed by atoms with Crippen LogP contribution >= 0.6 is 0 Å². The van der Waals surface area contributed by atoms with E-state index < -0.39 is 0 Å². The molecule has 1 saturated heterocycles. The van der Waals surface area contributed by atoms with Crippen LogP contribution in [0.3, 0.4) is 0 Å². The third-order valence-corrected chi connectivity index (χ3v) is 2.47. The predicted molar refractivity (Wildman–Crippen MR) is 46.9 cm³/mol. The Bertz CT molecular complexity index is 159. The number of rotatable bonds is 4. The van der Waals surface area contributed by atoms with Gasteiger partial charge in [-0.3, -0.25) is 4.79 Å². The molecule has 0 aliphatic carbocycles. The summed E-state index contributed by atoms with van der Waals surface area (Å²) in [7, 11) is 1.66. The SMILES string of the molecule is CCC1CCN(CCOC)C1=O. The lowest BCUT2D eigenvalue weighted by atomic mass is 10.1. The van der Waals surface area contributed by atoms with Gasteiger partial charge in [0.25, 0.3) is 0 Å². The van der Waals surface area contributed by atoms with Crippen LogP contribution in [-0.2, 0) is 9.53 Å². The van der Waals surface area contributed by atoms with Gasteiger partial charge in [-0.2, -0.15) is 0 Å². The second-order valence-electron chi connectivity index (χ2n) is 3.21. The van der Waals surface area contributed by atoms with E-state index in [2.05, 4.69) is 6.92 Å². The average molecular weight is 171 g/mol. The van der Waals surface area contributed by atoms with Crippen LogP contribution in [0.25, 0.3) is 0 Å². The fraction of sp³-hybridized carbons (Fsp3) is 0.889. The zero-order valence-corrected chi connectivity index (χ0v) is 7.88. The molecule has 0 N–H and O–H groups in total. The number of ether oxygens (including phenoxy) is 1. The highest BCUT2D eigenvalue weighted by molar-refractivity contribution is 5.80. The summed E-state index contributed by atoms with van der Waals surface area (Å²) < 4.78 is 4.93. The minimum absolute atomic E-state index is 0.279. The van der Waals surface area contributed by atoms with Gasteiger partial charge in [0.2, 0.25) is 5.91 Å². The highest BCUT2D eigenvalue weighted by atomic mass is 16.5. The Morgan fingerprint density at radius 1 is 1.67 bits per heavy atom. The molecule has 0 radical (unpaired) electrons. The number of hydrogen-bond acceptors (Lipinski definition) is 2. The molecule has 1 amide bonds. The van der Waals surface area contributed by atoms with Crippen molar-refractivity contribution >= 4 is 5.91 Å². The number of hydrogen-bond donors (Lipinski definition) is 0. The second-order valence-corrected chi connectivity index (χ2v) is 3.21. The van der Waals surface area contributed by atoms with E-state index in [0.29, 0.717) is 12.5 Å². The van der Waals surface area contributed by atoms with Gasteiger partial charge >= 0.3 is 0 Å². The normalized spacial score (nSPS) is 23.7. The van der Waals surface area contributed by atoms with E-state index in [0.717, 1.165) is 25.9 Å². The second kappa shape index (κ2) is 4.45. The molecular weight excluding hydrogens is 154 g/mol. The first-order chi connectivity index (χ1) is 5.79.